The number of esters is 1. The summed E-state index contributed by atoms with van der Waals surface area (Å²) in [5.74, 6) is 0.0676. The van der Waals surface area contributed by atoms with E-state index in [1.165, 1.54) is 0 Å². The molecular weight excluding hydrogens is 220 g/mol. The molecule has 17 heavy (non-hydrogen) atoms. The van der Waals surface area contributed by atoms with Gasteiger partial charge in [0.25, 0.3) is 0 Å². The molecule has 0 fully saturated rings. The number of carbonyl (C=O) groups is 2. The fourth-order valence-electron chi connectivity index (χ4n) is 1.77. The number of benzene rings is 1. The van der Waals surface area contributed by atoms with Crippen molar-refractivity contribution in [2.75, 3.05) is 24.5 Å². The van der Waals surface area contributed by atoms with E-state index in [0.717, 1.165) is 5.69 Å². The second-order valence-electron chi connectivity index (χ2n) is 3.75. The van der Waals surface area contributed by atoms with Crippen molar-refractivity contribution >= 4 is 17.6 Å². The van der Waals surface area contributed by atoms with E-state index >= 15 is 0 Å². The number of hydrogen-bond donors (Lipinski definition) is 1. The number of nitrogens with zero attached hydrogens (tertiary/aromatic N) is 1. The van der Waals surface area contributed by atoms with Crippen LogP contribution in [0.5, 0.6) is 5.75 Å². The first-order valence-electron chi connectivity index (χ1n) is 5.52. The molecule has 1 aliphatic rings. The van der Waals surface area contributed by atoms with Gasteiger partial charge in [-0.3, -0.25) is 4.79 Å². The first-order chi connectivity index (χ1) is 8.20. The first-order valence-corrected chi connectivity index (χ1v) is 5.52. The molecule has 0 unspecified atom stereocenters. The summed E-state index contributed by atoms with van der Waals surface area (Å²) in [6.45, 7) is 2.71. The summed E-state index contributed by atoms with van der Waals surface area (Å²) in [6.07, 6.45) is 0. The summed E-state index contributed by atoms with van der Waals surface area (Å²) in [5.41, 5.74) is 0.776. The zero-order valence-electron chi connectivity index (χ0n) is 9.60. The lowest BCUT2D eigenvalue weighted by Crippen LogP contribution is -2.43. The number of carbonyl (C=O) groups excluding carboxylic acids is 2. The molecule has 1 amide bonds. The standard InChI is InChI=1S/C12H14N2O3/c1-2-13-11(15)7-14-8-12(16)17-10-6-4-3-5-9(10)14/h3-6H,2,7-8H2,1H3,(H,13,15). The number of anilines is 1. The van der Waals surface area contributed by atoms with Crippen molar-refractivity contribution in [1.29, 1.82) is 0 Å². The lowest BCUT2D eigenvalue weighted by atomic mass is 10.2. The zero-order chi connectivity index (χ0) is 12.3. The molecular formula is C12H14N2O3. The fourth-order valence-corrected chi connectivity index (χ4v) is 1.77. The summed E-state index contributed by atoms with van der Waals surface area (Å²) in [4.78, 5) is 24.6. The number of likely N-dealkylation sites (N-methyl/N-ethyl adjacent to an activating group) is 1. The Labute approximate surface area is 99.4 Å². The third kappa shape index (κ3) is 2.55. The van der Waals surface area contributed by atoms with Crippen LogP contribution in [-0.2, 0) is 9.59 Å². The van der Waals surface area contributed by atoms with Crippen molar-refractivity contribution in [3.8, 4) is 5.75 Å². The lowest BCUT2D eigenvalue weighted by molar-refractivity contribution is -0.133. The highest BCUT2D eigenvalue weighted by Crippen LogP contribution is 2.30. The molecule has 5 nitrogen and oxygen atoms in total. The number of amides is 1. The predicted octanol–water partition coefficient (Wildman–Crippen LogP) is 0.548. The van der Waals surface area contributed by atoms with Gasteiger partial charge in [-0.25, -0.2) is 4.79 Å². The monoisotopic (exact) mass is 234 g/mol. The fraction of sp³-hybridized carbons (Fsp3) is 0.333. The topological polar surface area (TPSA) is 58.6 Å². The highest BCUT2D eigenvalue weighted by molar-refractivity contribution is 5.89. The quantitative estimate of drug-likeness (QED) is 0.613. The molecule has 0 bridgehead atoms. The third-order valence-corrected chi connectivity index (χ3v) is 2.46. The van der Waals surface area contributed by atoms with Crippen LogP contribution in [-0.4, -0.2) is 31.5 Å². The summed E-state index contributed by atoms with van der Waals surface area (Å²) in [6, 6.07) is 7.20. The van der Waals surface area contributed by atoms with Gasteiger partial charge in [0.15, 0.2) is 5.75 Å². The maximum absolute atomic E-state index is 11.5. The molecule has 0 spiro atoms. The molecule has 1 N–H and O–H groups in total. The average molecular weight is 234 g/mol. The number of fused-ring (bicyclic) bond motifs is 1. The number of nitrogens with one attached hydrogen (secondary N) is 1. The van der Waals surface area contributed by atoms with Crippen LogP contribution in [0, 0.1) is 0 Å². The van der Waals surface area contributed by atoms with Crippen LogP contribution in [0.3, 0.4) is 0 Å². The predicted molar refractivity (Wildman–Crippen MR) is 63.0 cm³/mol. The van der Waals surface area contributed by atoms with Crippen molar-refractivity contribution in [3.63, 3.8) is 0 Å². The molecule has 1 aliphatic heterocycles. The van der Waals surface area contributed by atoms with Crippen molar-refractivity contribution in [3.05, 3.63) is 24.3 Å². The molecule has 1 aromatic rings. The van der Waals surface area contributed by atoms with Crippen LogP contribution in [0.25, 0.3) is 0 Å². The van der Waals surface area contributed by atoms with Crippen LogP contribution in [0.4, 0.5) is 5.69 Å². The SMILES string of the molecule is CCNC(=O)CN1CC(=O)Oc2ccccc21. The maximum atomic E-state index is 11.5. The molecule has 1 aromatic carbocycles. The van der Waals surface area contributed by atoms with Gasteiger partial charge in [0.2, 0.25) is 5.91 Å². The van der Waals surface area contributed by atoms with Gasteiger partial charge in [0, 0.05) is 6.54 Å². The van der Waals surface area contributed by atoms with Gasteiger partial charge in [-0.15, -0.1) is 0 Å². The van der Waals surface area contributed by atoms with Gasteiger partial charge >= 0.3 is 5.97 Å². The average Bonchev–Trinajstić information content (AvgIpc) is 2.29. The zero-order valence-corrected chi connectivity index (χ0v) is 9.60. The molecule has 0 radical (unpaired) electrons. The largest absolute Gasteiger partial charge is 0.423 e. The molecule has 5 heteroatoms. The minimum absolute atomic E-state index is 0.1000. The summed E-state index contributed by atoms with van der Waals surface area (Å²) < 4.78 is 5.09. The Kier molecular flexibility index (Phi) is 3.27. The maximum Gasteiger partial charge on any atom is 0.331 e. The van der Waals surface area contributed by atoms with Crippen molar-refractivity contribution in [2.24, 2.45) is 0 Å². The van der Waals surface area contributed by atoms with Gasteiger partial charge in [-0.05, 0) is 19.1 Å². The summed E-state index contributed by atoms with van der Waals surface area (Å²) in [5, 5.41) is 2.71. The van der Waals surface area contributed by atoms with E-state index in [2.05, 4.69) is 5.32 Å². The molecule has 0 saturated heterocycles. The van der Waals surface area contributed by atoms with Crippen LogP contribution in [0.15, 0.2) is 24.3 Å². The Balaban J connectivity index is 2.18. The van der Waals surface area contributed by atoms with Crippen LogP contribution >= 0.6 is 0 Å². The van der Waals surface area contributed by atoms with E-state index < -0.39 is 0 Å². The Morgan fingerprint density at radius 1 is 1.47 bits per heavy atom. The Morgan fingerprint density at radius 3 is 3.00 bits per heavy atom. The van der Waals surface area contributed by atoms with Crippen molar-refractivity contribution in [2.45, 2.75) is 6.92 Å². The lowest BCUT2D eigenvalue weighted by Gasteiger charge is -2.28. The van der Waals surface area contributed by atoms with E-state index in [9.17, 15) is 9.59 Å². The Bertz CT molecular complexity index is 445. The molecule has 0 atom stereocenters. The number of para-hydroxylation sites is 2. The molecule has 0 saturated carbocycles. The summed E-state index contributed by atoms with van der Waals surface area (Å²) in [7, 11) is 0. The number of ether oxygens (including phenoxy) is 1. The molecule has 90 valence electrons. The third-order valence-electron chi connectivity index (χ3n) is 2.46. The molecule has 0 aliphatic carbocycles. The van der Waals surface area contributed by atoms with Crippen molar-refractivity contribution < 1.29 is 14.3 Å². The Morgan fingerprint density at radius 2 is 2.24 bits per heavy atom. The van der Waals surface area contributed by atoms with Gasteiger partial charge in [-0.1, -0.05) is 12.1 Å². The highest BCUT2D eigenvalue weighted by atomic mass is 16.5. The molecule has 0 aromatic heterocycles. The first kappa shape index (κ1) is 11.4. The van der Waals surface area contributed by atoms with Gasteiger partial charge in [0.1, 0.15) is 6.54 Å². The van der Waals surface area contributed by atoms with E-state index in [1.54, 1.807) is 17.0 Å². The molecule has 2 rings (SSSR count). The number of rotatable bonds is 3. The minimum Gasteiger partial charge on any atom is -0.423 e. The van der Waals surface area contributed by atoms with Crippen LogP contribution in [0.2, 0.25) is 0 Å². The second-order valence-corrected chi connectivity index (χ2v) is 3.75. The van der Waals surface area contributed by atoms with E-state index in [0.29, 0.717) is 12.3 Å². The molecule has 1 heterocycles. The summed E-state index contributed by atoms with van der Waals surface area (Å²) >= 11 is 0. The second kappa shape index (κ2) is 4.86. The smallest absolute Gasteiger partial charge is 0.331 e. The van der Waals surface area contributed by atoms with E-state index in [1.807, 2.05) is 19.1 Å². The Hall–Kier alpha value is -2.04. The van der Waals surface area contributed by atoms with Crippen LogP contribution in [0.1, 0.15) is 6.92 Å². The van der Waals surface area contributed by atoms with Gasteiger partial charge in [-0.2, -0.15) is 0 Å². The van der Waals surface area contributed by atoms with Gasteiger partial charge in [0.05, 0.1) is 12.2 Å². The van der Waals surface area contributed by atoms with Gasteiger partial charge < -0.3 is 15.0 Å². The van der Waals surface area contributed by atoms with Crippen molar-refractivity contribution in [1.82, 2.24) is 5.32 Å². The van der Waals surface area contributed by atoms with E-state index in [-0.39, 0.29) is 25.0 Å². The van der Waals surface area contributed by atoms with Crippen LogP contribution < -0.4 is 15.0 Å². The highest BCUT2D eigenvalue weighted by Gasteiger charge is 2.24. The van der Waals surface area contributed by atoms with E-state index in [4.69, 9.17) is 4.74 Å². The normalized spacial score (nSPS) is 13.9. The number of hydrogen-bond acceptors (Lipinski definition) is 4. The minimum atomic E-state index is -0.340.